The highest BCUT2D eigenvalue weighted by Crippen LogP contribution is 2.43. The molecule has 0 amide bonds. The summed E-state index contributed by atoms with van der Waals surface area (Å²) in [7, 11) is 2.04. The lowest BCUT2D eigenvalue weighted by Crippen LogP contribution is -2.62. The summed E-state index contributed by atoms with van der Waals surface area (Å²) in [4.78, 5) is 16.5. The Labute approximate surface area is 152 Å². The number of likely N-dealkylation sites (tertiary alicyclic amines) is 2. The number of rotatable bonds is 3. The first-order valence-electron chi connectivity index (χ1n) is 8.73. The summed E-state index contributed by atoms with van der Waals surface area (Å²) in [5, 5.41) is 10.5. The van der Waals surface area contributed by atoms with Crippen LogP contribution < -0.4 is 9.47 Å². The third-order valence-electron chi connectivity index (χ3n) is 5.97. The quantitative estimate of drug-likeness (QED) is 0.886. The average molecular weight is 367 g/mol. The van der Waals surface area contributed by atoms with Crippen molar-refractivity contribution in [2.24, 2.45) is 5.41 Å². The molecule has 0 aromatic heterocycles. The summed E-state index contributed by atoms with van der Waals surface area (Å²) >= 11 is 6.40. The second kappa shape index (κ2) is 6.34. The van der Waals surface area contributed by atoms with Gasteiger partial charge in [0.2, 0.25) is 6.79 Å². The monoisotopic (exact) mass is 366 g/mol. The van der Waals surface area contributed by atoms with E-state index >= 15 is 0 Å². The Balaban J connectivity index is 1.53. The van der Waals surface area contributed by atoms with E-state index < -0.39 is 11.4 Å². The molecule has 0 saturated carbocycles. The molecule has 2 saturated heterocycles. The summed E-state index contributed by atoms with van der Waals surface area (Å²) in [5.41, 5.74) is 0.384. The maximum Gasteiger partial charge on any atom is 0.311 e. The molecule has 3 aliphatic rings. The van der Waals surface area contributed by atoms with Crippen LogP contribution in [0.25, 0.3) is 0 Å². The molecule has 2 atom stereocenters. The number of ether oxygens (including phenoxy) is 2. The molecule has 3 heterocycles. The minimum Gasteiger partial charge on any atom is -0.481 e. The normalized spacial score (nSPS) is 29.4. The second-order valence-corrected chi connectivity index (χ2v) is 7.75. The van der Waals surface area contributed by atoms with Crippen molar-refractivity contribution in [3.63, 3.8) is 0 Å². The predicted molar refractivity (Wildman–Crippen MR) is 93.2 cm³/mol. The van der Waals surface area contributed by atoms with Crippen molar-refractivity contribution in [1.82, 2.24) is 9.80 Å². The Kier molecular flexibility index (Phi) is 4.30. The minimum absolute atomic E-state index is 0.0419. The maximum absolute atomic E-state index is 12.0. The number of piperidine rings is 2. The van der Waals surface area contributed by atoms with E-state index in [1.54, 1.807) is 6.07 Å². The molecular weight excluding hydrogens is 344 g/mol. The Morgan fingerprint density at radius 3 is 2.84 bits per heavy atom. The maximum atomic E-state index is 12.0. The molecule has 0 bridgehead atoms. The van der Waals surface area contributed by atoms with Crippen LogP contribution in [0.4, 0.5) is 0 Å². The van der Waals surface area contributed by atoms with E-state index in [2.05, 4.69) is 9.80 Å². The van der Waals surface area contributed by atoms with Gasteiger partial charge in [-0.2, -0.15) is 0 Å². The highest BCUT2D eigenvalue weighted by Gasteiger charge is 2.52. The molecule has 1 aromatic rings. The van der Waals surface area contributed by atoms with Gasteiger partial charge >= 0.3 is 5.97 Å². The third-order valence-corrected chi connectivity index (χ3v) is 6.32. The van der Waals surface area contributed by atoms with Crippen LogP contribution in [-0.4, -0.2) is 60.4 Å². The molecule has 3 aliphatic heterocycles. The van der Waals surface area contributed by atoms with Crippen molar-refractivity contribution in [3.8, 4) is 11.5 Å². The fourth-order valence-electron chi connectivity index (χ4n) is 4.51. The van der Waals surface area contributed by atoms with Crippen LogP contribution in [0, 0.1) is 5.41 Å². The fourth-order valence-corrected chi connectivity index (χ4v) is 4.72. The first kappa shape index (κ1) is 16.9. The van der Waals surface area contributed by atoms with Crippen LogP contribution in [0.2, 0.25) is 5.02 Å². The van der Waals surface area contributed by atoms with Gasteiger partial charge in [0.25, 0.3) is 0 Å². The average Bonchev–Trinajstić information content (AvgIpc) is 3.03. The van der Waals surface area contributed by atoms with Gasteiger partial charge in [0, 0.05) is 30.2 Å². The highest BCUT2D eigenvalue weighted by molar-refractivity contribution is 6.31. The summed E-state index contributed by atoms with van der Waals surface area (Å²) in [6.07, 6.45) is 2.41. The van der Waals surface area contributed by atoms with E-state index in [1.165, 1.54) is 0 Å². The van der Waals surface area contributed by atoms with Crippen LogP contribution in [0.3, 0.4) is 0 Å². The standard InChI is InChI=1S/C18H23ClN2O4/c1-20-5-2-3-18(17(22)23)4-6-21(10-16(18)20)9-12-7-14-15(8-13(12)19)25-11-24-14/h7-8,16H,2-6,9-11H2,1H3,(H,22,23)/t16-,18+/m1/s1. The topological polar surface area (TPSA) is 62.2 Å². The molecule has 1 aromatic carbocycles. The molecule has 25 heavy (non-hydrogen) atoms. The summed E-state index contributed by atoms with van der Waals surface area (Å²) < 4.78 is 10.8. The number of halogens is 1. The SMILES string of the molecule is CN1CCC[C@]2(C(=O)O)CCN(Cc3cc4c(cc3Cl)OCO4)C[C@@H]12. The Hall–Kier alpha value is -1.50. The smallest absolute Gasteiger partial charge is 0.311 e. The van der Waals surface area contributed by atoms with Crippen molar-refractivity contribution in [2.75, 3.05) is 33.5 Å². The first-order valence-corrected chi connectivity index (χ1v) is 9.11. The van der Waals surface area contributed by atoms with Crippen molar-refractivity contribution < 1.29 is 19.4 Å². The van der Waals surface area contributed by atoms with E-state index in [0.717, 1.165) is 43.8 Å². The minimum atomic E-state index is -0.648. The van der Waals surface area contributed by atoms with Crippen molar-refractivity contribution >= 4 is 17.6 Å². The molecule has 0 radical (unpaired) electrons. The first-order chi connectivity index (χ1) is 12.0. The summed E-state index contributed by atoms with van der Waals surface area (Å²) in [6.45, 7) is 3.38. The number of likely N-dealkylation sites (N-methyl/N-ethyl adjacent to an activating group) is 1. The van der Waals surface area contributed by atoms with Gasteiger partial charge in [-0.25, -0.2) is 0 Å². The molecule has 136 valence electrons. The van der Waals surface area contributed by atoms with Gasteiger partial charge in [0.15, 0.2) is 11.5 Å². The molecule has 0 spiro atoms. The zero-order valence-corrected chi connectivity index (χ0v) is 15.1. The van der Waals surface area contributed by atoms with Gasteiger partial charge in [0.1, 0.15) is 0 Å². The highest BCUT2D eigenvalue weighted by atomic mass is 35.5. The largest absolute Gasteiger partial charge is 0.481 e. The Morgan fingerprint density at radius 2 is 2.08 bits per heavy atom. The zero-order valence-electron chi connectivity index (χ0n) is 14.3. The lowest BCUT2D eigenvalue weighted by atomic mass is 9.68. The molecule has 6 nitrogen and oxygen atoms in total. The molecule has 2 fully saturated rings. The van der Waals surface area contributed by atoms with Crippen molar-refractivity contribution in [3.05, 3.63) is 22.7 Å². The fraction of sp³-hybridized carbons (Fsp3) is 0.611. The zero-order chi connectivity index (χ0) is 17.6. The van der Waals surface area contributed by atoms with Gasteiger partial charge in [-0.05, 0) is 51.0 Å². The second-order valence-electron chi connectivity index (χ2n) is 7.34. The van der Waals surface area contributed by atoms with Gasteiger partial charge in [-0.1, -0.05) is 11.6 Å². The number of benzene rings is 1. The number of carbonyl (C=O) groups is 1. The van der Waals surface area contributed by atoms with Gasteiger partial charge in [-0.3, -0.25) is 9.69 Å². The van der Waals surface area contributed by atoms with Crippen LogP contribution in [0.5, 0.6) is 11.5 Å². The van der Waals surface area contributed by atoms with Crippen LogP contribution in [0.15, 0.2) is 12.1 Å². The molecular formula is C18H23ClN2O4. The lowest BCUT2D eigenvalue weighted by Gasteiger charge is -2.51. The van der Waals surface area contributed by atoms with E-state index in [-0.39, 0.29) is 12.8 Å². The molecule has 0 aliphatic carbocycles. The number of fused-ring (bicyclic) bond motifs is 2. The molecule has 4 rings (SSSR count). The Morgan fingerprint density at radius 1 is 1.32 bits per heavy atom. The predicted octanol–water partition coefficient (Wildman–Crippen LogP) is 2.44. The van der Waals surface area contributed by atoms with E-state index in [4.69, 9.17) is 21.1 Å². The number of aliphatic carboxylic acids is 1. The van der Waals surface area contributed by atoms with Crippen molar-refractivity contribution in [1.29, 1.82) is 0 Å². The van der Waals surface area contributed by atoms with Gasteiger partial charge in [0.05, 0.1) is 5.41 Å². The van der Waals surface area contributed by atoms with Crippen LogP contribution in [-0.2, 0) is 11.3 Å². The Bertz CT molecular complexity index is 698. The molecule has 7 heteroatoms. The van der Waals surface area contributed by atoms with Crippen LogP contribution >= 0.6 is 11.6 Å². The number of carboxylic acids is 1. The number of hydrogen-bond donors (Lipinski definition) is 1. The van der Waals surface area contributed by atoms with E-state index in [0.29, 0.717) is 23.7 Å². The number of carboxylic acid groups (broad SMARTS) is 1. The van der Waals surface area contributed by atoms with E-state index in [9.17, 15) is 9.90 Å². The van der Waals surface area contributed by atoms with Gasteiger partial charge in [-0.15, -0.1) is 0 Å². The number of hydrogen-bond acceptors (Lipinski definition) is 5. The third kappa shape index (κ3) is 2.86. The van der Waals surface area contributed by atoms with Crippen LogP contribution in [0.1, 0.15) is 24.8 Å². The van der Waals surface area contributed by atoms with E-state index in [1.807, 2.05) is 13.1 Å². The van der Waals surface area contributed by atoms with Crippen molar-refractivity contribution in [2.45, 2.75) is 31.8 Å². The number of nitrogens with zero attached hydrogens (tertiary/aromatic N) is 2. The molecule has 1 N–H and O–H groups in total. The lowest BCUT2D eigenvalue weighted by molar-refractivity contribution is -0.162. The molecule has 0 unspecified atom stereocenters. The summed E-state index contributed by atoms with van der Waals surface area (Å²) in [5.74, 6) is 0.764. The van der Waals surface area contributed by atoms with Gasteiger partial charge < -0.3 is 19.5 Å². The summed E-state index contributed by atoms with van der Waals surface area (Å²) in [6, 6.07) is 3.78.